The van der Waals surface area contributed by atoms with Crippen LogP contribution in [0, 0.1) is 25.2 Å². The smallest absolute Gasteiger partial charge is 0.222 e. The van der Waals surface area contributed by atoms with E-state index in [1.54, 1.807) is 0 Å². The Morgan fingerprint density at radius 1 is 1.42 bits per heavy atom. The van der Waals surface area contributed by atoms with Gasteiger partial charge in [0.1, 0.15) is 17.7 Å². The molecule has 0 atom stereocenters. The van der Waals surface area contributed by atoms with Crippen LogP contribution in [0.1, 0.15) is 30.7 Å². The van der Waals surface area contributed by atoms with Crippen molar-refractivity contribution in [2.45, 2.75) is 27.7 Å². The van der Waals surface area contributed by atoms with Crippen LogP contribution >= 0.6 is 11.5 Å². The normalized spacial score (nSPS) is 13.8. The van der Waals surface area contributed by atoms with Gasteiger partial charge in [0, 0.05) is 26.2 Å². The van der Waals surface area contributed by atoms with Crippen LogP contribution in [-0.4, -0.2) is 33.3 Å². The highest BCUT2D eigenvalue weighted by Gasteiger charge is 2.25. The Labute approximate surface area is 144 Å². The number of aromatic nitrogens is 2. The van der Waals surface area contributed by atoms with Gasteiger partial charge >= 0.3 is 0 Å². The summed E-state index contributed by atoms with van der Waals surface area (Å²) in [5.74, 6) is 1.27. The fraction of sp³-hybridized carbons (Fsp3) is 0.353. The Morgan fingerprint density at radius 3 is 2.75 bits per heavy atom. The number of nitriles is 1. The van der Waals surface area contributed by atoms with E-state index in [4.69, 9.17) is 0 Å². The number of amides is 1. The van der Waals surface area contributed by atoms with Crippen molar-refractivity contribution in [1.29, 1.82) is 5.26 Å². The van der Waals surface area contributed by atoms with Crippen LogP contribution in [0.3, 0.4) is 0 Å². The van der Waals surface area contributed by atoms with E-state index in [1.165, 1.54) is 24.0 Å². The number of rotatable bonds is 2. The molecule has 0 unspecified atom stereocenters. The van der Waals surface area contributed by atoms with Gasteiger partial charge in [-0.05, 0) is 43.4 Å². The first kappa shape index (κ1) is 16.3. The molecule has 0 bridgehead atoms. The minimum atomic E-state index is -0.198. The summed E-state index contributed by atoms with van der Waals surface area (Å²) in [6.45, 7) is 8.21. The summed E-state index contributed by atoms with van der Waals surface area (Å²) in [6, 6.07) is 2.23. The first-order valence-corrected chi connectivity index (χ1v) is 8.40. The predicted molar refractivity (Wildman–Crippen MR) is 94.8 cm³/mol. The van der Waals surface area contributed by atoms with Gasteiger partial charge in [-0.2, -0.15) is 9.64 Å². The standard InChI is InChI=1S/C17H19N5OS/c1-9-8-21(5)17(14-7-19-24-15(9)14)22-11(3)10(2)13(6-18)16(22)20-12(4)23/h7H,8H2,1-5H3,(H,20,23). The Morgan fingerprint density at radius 2 is 2.12 bits per heavy atom. The van der Waals surface area contributed by atoms with E-state index in [-0.39, 0.29) is 5.91 Å². The molecular formula is C17H19N5OS. The molecule has 2 aromatic rings. The molecule has 2 aromatic heterocycles. The second-order valence-electron chi connectivity index (χ2n) is 6.09. The highest BCUT2D eigenvalue weighted by Crippen LogP contribution is 2.30. The molecule has 1 aliphatic heterocycles. The van der Waals surface area contributed by atoms with Crippen molar-refractivity contribution >= 4 is 34.7 Å². The first-order chi connectivity index (χ1) is 11.4. The molecule has 0 saturated heterocycles. The van der Waals surface area contributed by atoms with Crippen LogP contribution in [0.2, 0.25) is 0 Å². The average Bonchev–Trinajstić information content (AvgIpc) is 3.06. The van der Waals surface area contributed by atoms with Gasteiger partial charge in [-0.15, -0.1) is 0 Å². The summed E-state index contributed by atoms with van der Waals surface area (Å²) in [7, 11) is 2.01. The molecule has 0 fully saturated rings. The summed E-state index contributed by atoms with van der Waals surface area (Å²) < 4.78 is 7.46. The molecule has 3 heterocycles. The zero-order valence-corrected chi connectivity index (χ0v) is 15.2. The van der Waals surface area contributed by atoms with Crippen LogP contribution in [-0.2, 0) is 4.79 Å². The maximum absolute atomic E-state index is 11.7. The van der Waals surface area contributed by atoms with Crippen molar-refractivity contribution in [1.82, 2.24) is 13.8 Å². The molecule has 7 heteroatoms. The van der Waals surface area contributed by atoms with Crippen LogP contribution < -0.4 is 15.1 Å². The zero-order valence-electron chi connectivity index (χ0n) is 14.4. The molecule has 1 amide bonds. The van der Waals surface area contributed by atoms with Crippen LogP contribution in [0.25, 0.3) is 11.4 Å². The van der Waals surface area contributed by atoms with Gasteiger partial charge in [-0.1, -0.05) is 0 Å². The SMILES string of the molecule is CC(=O)Nc1c(C#N)c(C)c(C)n1C1=c2cnsc2=C(C)CN1C. The molecule has 3 rings (SSSR count). The van der Waals surface area contributed by atoms with Crippen molar-refractivity contribution in [2.24, 2.45) is 0 Å². The van der Waals surface area contributed by atoms with Crippen molar-refractivity contribution in [3.05, 3.63) is 32.8 Å². The average molecular weight is 341 g/mol. The molecule has 24 heavy (non-hydrogen) atoms. The lowest BCUT2D eigenvalue weighted by Crippen LogP contribution is -2.41. The highest BCUT2D eigenvalue weighted by atomic mass is 32.1. The fourth-order valence-corrected chi connectivity index (χ4v) is 3.92. The Hall–Kier alpha value is -2.59. The number of carbonyl (C=O) groups is 1. The Bertz CT molecular complexity index is 1010. The number of hydrogen-bond donors (Lipinski definition) is 1. The van der Waals surface area contributed by atoms with E-state index >= 15 is 0 Å². The summed E-state index contributed by atoms with van der Waals surface area (Å²) in [5, 5.41) is 13.4. The summed E-state index contributed by atoms with van der Waals surface area (Å²) in [6.07, 6.45) is 1.85. The molecule has 6 nitrogen and oxygen atoms in total. The predicted octanol–water partition coefficient (Wildman–Crippen LogP) is 1.12. The number of nitrogens with zero attached hydrogens (tertiary/aromatic N) is 4. The summed E-state index contributed by atoms with van der Waals surface area (Å²) in [5.41, 5.74) is 3.58. The lowest BCUT2D eigenvalue weighted by molar-refractivity contribution is -0.114. The lowest BCUT2D eigenvalue weighted by Gasteiger charge is -2.28. The van der Waals surface area contributed by atoms with E-state index in [0.717, 1.165) is 33.4 Å². The van der Waals surface area contributed by atoms with Crippen molar-refractivity contribution in [2.75, 3.05) is 18.9 Å². The van der Waals surface area contributed by atoms with Crippen molar-refractivity contribution in [3.63, 3.8) is 0 Å². The largest absolute Gasteiger partial charge is 0.356 e. The lowest BCUT2D eigenvalue weighted by atomic mass is 10.2. The molecule has 0 spiro atoms. The van der Waals surface area contributed by atoms with Crippen LogP contribution in [0.4, 0.5) is 5.82 Å². The maximum Gasteiger partial charge on any atom is 0.222 e. The molecule has 1 N–H and O–H groups in total. The molecule has 0 aromatic carbocycles. The molecular weight excluding hydrogens is 322 g/mol. The van der Waals surface area contributed by atoms with Gasteiger partial charge in [0.2, 0.25) is 5.91 Å². The van der Waals surface area contributed by atoms with Crippen LogP contribution in [0.15, 0.2) is 6.20 Å². The van der Waals surface area contributed by atoms with Gasteiger partial charge in [0.25, 0.3) is 0 Å². The second-order valence-corrected chi connectivity index (χ2v) is 6.89. The molecule has 124 valence electrons. The molecule has 0 radical (unpaired) electrons. The van der Waals surface area contributed by atoms with Crippen molar-refractivity contribution in [3.8, 4) is 6.07 Å². The first-order valence-electron chi connectivity index (χ1n) is 7.62. The number of hydrogen-bond acceptors (Lipinski definition) is 5. The Kier molecular flexibility index (Phi) is 3.93. The van der Waals surface area contributed by atoms with Gasteiger partial charge in [0.15, 0.2) is 0 Å². The summed E-state index contributed by atoms with van der Waals surface area (Å²) >= 11 is 1.48. The minimum Gasteiger partial charge on any atom is -0.356 e. The monoisotopic (exact) mass is 341 g/mol. The fourth-order valence-electron chi connectivity index (χ4n) is 3.20. The van der Waals surface area contributed by atoms with Gasteiger partial charge in [0.05, 0.1) is 21.5 Å². The number of anilines is 1. The number of nitrogens with one attached hydrogen (secondary N) is 1. The summed E-state index contributed by atoms with van der Waals surface area (Å²) in [4.78, 5) is 13.8. The van der Waals surface area contributed by atoms with E-state index in [9.17, 15) is 10.1 Å². The quantitative estimate of drug-likeness (QED) is 0.888. The van der Waals surface area contributed by atoms with Gasteiger partial charge in [-0.3, -0.25) is 9.36 Å². The second kappa shape index (κ2) is 5.80. The topological polar surface area (TPSA) is 74.0 Å². The van der Waals surface area contributed by atoms with Crippen molar-refractivity contribution < 1.29 is 4.79 Å². The zero-order chi connectivity index (χ0) is 17.6. The third kappa shape index (κ3) is 2.31. The third-order valence-electron chi connectivity index (χ3n) is 4.37. The van der Waals surface area contributed by atoms with E-state index in [1.807, 2.05) is 31.7 Å². The highest BCUT2D eigenvalue weighted by molar-refractivity contribution is 7.03. The van der Waals surface area contributed by atoms with E-state index < -0.39 is 0 Å². The third-order valence-corrected chi connectivity index (χ3v) is 5.33. The maximum atomic E-state index is 11.7. The van der Waals surface area contributed by atoms with Gasteiger partial charge in [-0.25, -0.2) is 0 Å². The minimum absolute atomic E-state index is 0.198. The molecule has 0 saturated carbocycles. The van der Waals surface area contributed by atoms with E-state index in [0.29, 0.717) is 11.4 Å². The molecule has 0 aliphatic carbocycles. The van der Waals surface area contributed by atoms with Gasteiger partial charge < -0.3 is 10.2 Å². The number of fused-ring (bicyclic) bond motifs is 1. The Balaban J connectivity index is 2.45. The van der Waals surface area contributed by atoms with Crippen LogP contribution in [0.5, 0.6) is 0 Å². The number of carbonyl (C=O) groups excluding carboxylic acids is 1. The van der Waals surface area contributed by atoms with E-state index in [2.05, 4.69) is 27.6 Å². The molecule has 1 aliphatic rings.